The van der Waals surface area contributed by atoms with Crippen LogP contribution in [0, 0.1) is 11.6 Å². The van der Waals surface area contributed by atoms with Crippen LogP contribution >= 0.6 is 0 Å². The summed E-state index contributed by atoms with van der Waals surface area (Å²) in [6.07, 6.45) is 0.232. The van der Waals surface area contributed by atoms with Crippen molar-refractivity contribution in [2.75, 3.05) is 0 Å². The van der Waals surface area contributed by atoms with Crippen molar-refractivity contribution in [3.05, 3.63) is 35.4 Å². The van der Waals surface area contributed by atoms with E-state index in [1.165, 1.54) is 12.1 Å². The van der Waals surface area contributed by atoms with Crippen LogP contribution < -0.4 is 0 Å². The summed E-state index contributed by atoms with van der Waals surface area (Å²) in [4.78, 5) is 10.7. The third kappa shape index (κ3) is 1.89. The molecule has 1 atom stereocenters. The summed E-state index contributed by atoms with van der Waals surface area (Å²) in [6, 6.07) is 3.56. The number of halogens is 2. The Hall–Kier alpha value is -1.45. The molecule has 14 heavy (non-hydrogen) atoms. The maximum Gasteiger partial charge on any atom is 0.311 e. The number of hydrogen-bond donors (Lipinski definition) is 1. The van der Waals surface area contributed by atoms with E-state index in [1.807, 2.05) is 0 Å². The predicted octanol–water partition coefficient (Wildman–Crippen LogP) is 2.54. The van der Waals surface area contributed by atoms with Gasteiger partial charge < -0.3 is 5.11 Å². The standard InChI is InChI=1S/C10H10F2O2/c1-2-6(10(13)14)7-4-3-5-8(11)9(7)12/h3-6H,2H2,1H3,(H,13,14). The molecule has 0 amide bonds. The number of aliphatic carboxylic acids is 1. The second-order valence-electron chi connectivity index (χ2n) is 2.94. The molecule has 1 N–H and O–H groups in total. The average molecular weight is 200 g/mol. The highest BCUT2D eigenvalue weighted by atomic mass is 19.2. The molecule has 0 bridgehead atoms. The quantitative estimate of drug-likeness (QED) is 0.814. The van der Waals surface area contributed by atoms with Crippen LogP contribution in [0.4, 0.5) is 8.78 Å². The van der Waals surface area contributed by atoms with Gasteiger partial charge in [0, 0.05) is 5.56 Å². The molecule has 0 saturated heterocycles. The van der Waals surface area contributed by atoms with Gasteiger partial charge >= 0.3 is 5.97 Å². The second-order valence-corrected chi connectivity index (χ2v) is 2.94. The van der Waals surface area contributed by atoms with Gasteiger partial charge in [-0.1, -0.05) is 19.1 Å². The predicted molar refractivity (Wildman–Crippen MR) is 47.0 cm³/mol. The first-order valence-electron chi connectivity index (χ1n) is 4.24. The Kier molecular flexibility index (Phi) is 3.17. The highest BCUT2D eigenvalue weighted by Crippen LogP contribution is 2.23. The van der Waals surface area contributed by atoms with Gasteiger partial charge in [-0.25, -0.2) is 8.78 Å². The molecule has 1 aromatic rings. The maximum absolute atomic E-state index is 13.2. The zero-order chi connectivity index (χ0) is 10.7. The van der Waals surface area contributed by atoms with Gasteiger partial charge in [0.15, 0.2) is 11.6 Å². The number of carboxylic acids is 1. The first-order valence-corrected chi connectivity index (χ1v) is 4.24. The Morgan fingerprint density at radius 1 is 1.50 bits per heavy atom. The van der Waals surface area contributed by atoms with Gasteiger partial charge in [-0.15, -0.1) is 0 Å². The minimum atomic E-state index is -1.14. The second kappa shape index (κ2) is 4.17. The van der Waals surface area contributed by atoms with Crippen LogP contribution in [0.5, 0.6) is 0 Å². The van der Waals surface area contributed by atoms with Gasteiger partial charge in [0.1, 0.15) is 0 Å². The fourth-order valence-electron chi connectivity index (χ4n) is 1.32. The molecule has 4 heteroatoms. The van der Waals surface area contributed by atoms with Crippen molar-refractivity contribution in [1.29, 1.82) is 0 Å². The molecule has 0 aliphatic rings. The normalized spacial score (nSPS) is 12.5. The van der Waals surface area contributed by atoms with Gasteiger partial charge in [0.05, 0.1) is 5.92 Å². The number of carboxylic acid groups (broad SMARTS) is 1. The van der Waals surface area contributed by atoms with Crippen LogP contribution in [0.1, 0.15) is 24.8 Å². The fraction of sp³-hybridized carbons (Fsp3) is 0.300. The average Bonchev–Trinajstić information content (AvgIpc) is 2.13. The van der Waals surface area contributed by atoms with Crippen LogP contribution in [0.3, 0.4) is 0 Å². The van der Waals surface area contributed by atoms with Gasteiger partial charge in [0.25, 0.3) is 0 Å². The van der Waals surface area contributed by atoms with Crippen LogP contribution in [0.25, 0.3) is 0 Å². The Labute approximate surface area is 80.2 Å². The zero-order valence-corrected chi connectivity index (χ0v) is 7.63. The lowest BCUT2D eigenvalue weighted by Crippen LogP contribution is -2.12. The largest absolute Gasteiger partial charge is 0.481 e. The Bertz CT molecular complexity index is 350. The molecular weight excluding hydrogens is 190 g/mol. The first kappa shape index (κ1) is 10.6. The van der Waals surface area contributed by atoms with Crippen LogP contribution in [0.15, 0.2) is 18.2 Å². The van der Waals surface area contributed by atoms with Crippen LogP contribution in [-0.4, -0.2) is 11.1 Å². The molecule has 76 valence electrons. The maximum atomic E-state index is 13.2. The summed E-state index contributed by atoms with van der Waals surface area (Å²) in [5, 5.41) is 8.75. The third-order valence-corrected chi connectivity index (χ3v) is 2.06. The van der Waals surface area contributed by atoms with E-state index in [-0.39, 0.29) is 12.0 Å². The molecule has 0 spiro atoms. The smallest absolute Gasteiger partial charge is 0.311 e. The molecule has 1 rings (SSSR count). The summed E-state index contributed by atoms with van der Waals surface area (Å²) in [5.74, 6) is -4.20. The van der Waals surface area contributed by atoms with Crippen molar-refractivity contribution < 1.29 is 18.7 Å². The summed E-state index contributed by atoms with van der Waals surface area (Å²) in [7, 11) is 0. The topological polar surface area (TPSA) is 37.3 Å². The van der Waals surface area contributed by atoms with E-state index in [2.05, 4.69) is 0 Å². The summed E-state index contributed by atoms with van der Waals surface area (Å²) < 4.78 is 25.9. The van der Waals surface area contributed by atoms with E-state index in [0.29, 0.717) is 0 Å². The minimum Gasteiger partial charge on any atom is -0.481 e. The number of hydrogen-bond acceptors (Lipinski definition) is 1. The number of carbonyl (C=O) groups is 1. The zero-order valence-electron chi connectivity index (χ0n) is 7.63. The van der Waals surface area contributed by atoms with E-state index in [4.69, 9.17) is 5.11 Å². The van der Waals surface area contributed by atoms with E-state index < -0.39 is 23.5 Å². The minimum absolute atomic E-state index is 0.0972. The Morgan fingerprint density at radius 2 is 2.14 bits per heavy atom. The summed E-state index contributed by atoms with van der Waals surface area (Å²) >= 11 is 0. The van der Waals surface area contributed by atoms with Crippen molar-refractivity contribution in [2.45, 2.75) is 19.3 Å². The summed E-state index contributed by atoms with van der Waals surface area (Å²) in [5.41, 5.74) is -0.0972. The fourth-order valence-corrected chi connectivity index (χ4v) is 1.32. The van der Waals surface area contributed by atoms with E-state index in [1.54, 1.807) is 6.92 Å². The summed E-state index contributed by atoms with van der Waals surface area (Å²) in [6.45, 7) is 1.61. The van der Waals surface area contributed by atoms with E-state index >= 15 is 0 Å². The molecule has 0 saturated carbocycles. The lowest BCUT2D eigenvalue weighted by atomic mass is 9.96. The van der Waals surface area contributed by atoms with Crippen molar-refractivity contribution in [3.8, 4) is 0 Å². The van der Waals surface area contributed by atoms with Crippen molar-refractivity contribution in [2.24, 2.45) is 0 Å². The molecule has 0 fully saturated rings. The number of benzene rings is 1. The van der Waals surface area contributed by atoms with Crippen molar-refractivity contribution in [1.82, 2.24) is 0 Å². The molecule has 2 nitrogen and oxygen atoms in total. The molecule has 1 unspecified atom stereocenters. The van der Waals surface area contributed by atoms with Gasteiger partial charge in [-0.2, -0.15) is 0 Å². The van der Waals surface area contributed by atoms with Gasteiger partial charge in [-0.3, -0.25) is 4.79 Å². The van der Waals surface area contributed by atoms with Crippen LogP contribution in [0.2, 0.25) is 0 Å². The first-order chi connectivity index (χ1) is 6.57. The van der Waals surface area contributed by atoms with Crippen molar-refractivity contribution >= 4 is 5.97 Å². The highest BCUT2D eigenvalue weighted by Gasteiger charge is 2.22. The van der Waals surface area contributed by atoms with Crippen molar-refractivity contribution in [3.63, 3.8) is 0 Å². The number of rotatable bonds is 3. The molecule has 0 heterocycles. The molecule has 0 radical (unpaired) electrons. The molecule has 0 aliphatic heterocycles. The van der Waals surface area contributed by atoms with Gasteiger partial charge in [0.2, 0.25) is 0 Å². The van der Waals surface area contributed by atoms with E-state index in [0.717, 1.165) is 6.07 Å². The SMILES string of the molecule is CCC(C(=O)O)c1cccc(F)c1F. The Morgan fingerprint density at radius 3 is 2.64 bits per heavy atom. The van der Waals surface area contributed by atoms with Crippen LogP contribution in [-0.2, 0) is 4.79 Å². The third-order valence-electron chi connectivity index (χ3n) is 2.06. The lowest BCUT2D eigenvalue weighted by Gasteiger charge is -2.10. The Balaban J connectivity index is 3.16. The molecule has 1 aromatic carbocycles. The lowest BCUT2D eigenvalue weighted by molar-refractivity contribution is -0.138. The van der Waals surface area contributed by atoms with Gasteiger partial charge in [-0.05, 0) is 12.5 Å². The monoisotopic (exact) mass is 200 g/mol. The molecule has 0 aromatic heterocycles. The molecular formula is C10H10F2O2. The highest BCUT2D eigenvalue weighted by molar-refractivity contribution is 5.76. The molecule has 0 aliphatic carbocycles. The van der Waals surface area contributed by atoms with E-state index in [9.17, 15) is 13.6 Å².